The van der Waals surface area contributed by atoms with Gasteiger partial charge in [-0.3, -0.25) is 4.98 Å². The van der Waals surface area contributed by atoms with Crippen molar-refractivity contribution in [1.82, 2.24) is 9.88 Å². The van der Waals surface area contributed by atoms with Crippen LogP contribution in [0, 0.1) is 5.92 Å². The fourth-order valence-electron chi connectivity index (χ4n) is 2.68. The number of pyridine rings is 1. The minimum atomic E-state index is -0.312. The van der Waals surface area contributed by atoms with E-state index >= 15 is 0 Å². The molecule has 0 unspecified atom stereocenters. The third kappa shape index (κ3) is 6.67. The zero-order chi connectivity index (χ0) is 18.8. The van der Waals surface area contributed by atoms with Crippen molar-refractivity contribution in [1.29, 1.82) is 0 Å². The van der Waals surface area contributed by atoms with E-state index in [0.717, 1.165) is 24.2 Å². The molecule has 6 heteroatoms. The van der Waals surface area contributed by atoms with E-state index in [1.54, 1.807) is 18.2 Å². The Kier molecular flexibility index (Phi) is 8.41. The van der Waals surface area contributed by atoms with E-state index in [2.05, 4.69) is 31.0 Å². The maximum atomic E-state index is 11.9. The Morgan fingerprint density at radius 3 is 3.04 bits per heavy atom. The summed E-state index contributed by atoms with van der Waals surface area (Å²) in [5.41, 5.74) is 1.03. The van der Waals surface area contributed by atoms with Gasteiger partial charge >= 0.3 is 6.09 Å². The standard InChI is InChI=1S/C20H30N2O4/c1-4-16(2)6-5-7-17-12-19(14-21-13-17)26-18-8-9-22(15-18)20(23)25-11-10-24-3/h5,7,12-14,16,18H,4,6,8-11,15H2,1-3H3/b7-5+/t16-,18+/m1/s1. The maximum absolute atomic E-state index is 11.9. The summed E-state index contributed by atoms with van der Waals surface area (Å²) in [4.78, 5) is 17.9. The first kappa shape index (κ1) is 20.2. The lowest BCUT2D eigenvalue weighted by atomic mass is 10.0. The van der Waals surface area contributed by atoms with Crippen LogP contribution >= 0.6 is 0 Å². The largest absolute Gasteiger partial charge is 0.487 e. The van der Waals surface area contributed by atoms with Crippen LogP contribution in [0.5, 0.6) is 5.75 Å². The second-order valence-corrected chi connectivity index (χ2v) is 6.69. The molecule has 1 aliphatic rings. The molecule has 2 atom stereocenters. The van der Waals surface area contributed by atoms with E-state index in [1.807, 2.05) is 12.3 Å². The van der Waals surface area contributed by atoms with Crippen LogP contribution < -0.4 is 4.74 Å². The number of carbonyl (C=O) groups excluding carboxylic acids is 1. The summed E-state index contributed by atoms with van der Waals surface area (Å²) >= 11 is 0. The van der Waals surface area contributed by atoms with Gasteiger partial charge in [-0.15, -0.1) is 0 Å². The Balaban J connectivity index is 1.82. The highest BCUT2D eigenvalue weighted by Crippen LogP contribution is 2.20. The third-order valence-corrected chi connectivity index (χ3v) is 4.50. The average Bonchev–Trinajstić information content (AvgIpc) is 3.10. The lowest BCUT2D eigenvalue weighted by Gasteiger charge is -2.17. The van der Waals surface area contributed by atoms with Gasteiger partial charge in [-0.1, -0.05) is 32.4 Å². The molecule has 6 nitrogen and oxygen atoms in total. The molecule has 1 fully saturated rings. The number of carbonyl (C=O) groups is 1. The van der Waals surface area contributed by atoms with Gasteiger partial charge in [-0.25, -0.2) is 4.79 Å². The monoisotopic (exact) mass is 362 g/mol. The highest BCUT2D eigenvalue weighted by molar-refractivity contribution is 5.68. The second-order valence-electron chi connectivity index (χ2n) is 6.69. The summed E-state index contributed by atoms with van der Waals surface area (Å²) in [5.74, 6) is 1.42. The molecule has 2 heterocycles. The number of hydrogen-bond donors (Lipinski definition) is 0. The molecule has 1 saturated heterocycles. The second kappa shape index (κ2) is 10.8. The van der Waals surface area contributed by atoms with Crippen LogP contribution in [0.25, 0.3) is 6.08 Å². The van der Waals surface area contributed by atoms with Gasteiger partial charge in [0.2, 0.25) is 0 Å². The summed E-state index contributed by atoms with van der Waals surface area (Å²) in [7, 11) is 1.58. The zero-order valence-corrected chi connectivity index (χ0v) is 16.0. The normalized spacial score (nSPS) is 18.3. The Hall–Kier alpha value is -2.08. The summed E-state index contributed by atoms with van der Waals surface area (Å²) in [6, 6.07) is 1.99. The minimum Gasteiger partial charge on any atom is -0.487 e. The van der Waals surface area contributed by atoms with Gasteiger partial charge in [0.05, 0.1) is 19.3 Å². The van der Waals surface area contributed by atoms with E-state index in [1.165, 1.54) is 6.42 Å². The predicted octanol–water partition coefficient (Wildman–Crippen LogP) is 3.77. The molecule has 0 saturated carbocycles. The maximum Gasteiger partial charge on any atom is 0.409 e. The van der Waals surface area contributed by atoms with Crippen molar-refractivity contribution in [3.05, 3.63) is 30.1 Å². The Bertz CT molecular complexity index is 591. The topological polar surface area (TPSA) is 60.9 Å². The number of allylic oxidation sites excluding steroid dienone is 1. The van der Waals surface area contributed by atoms with Crippen LogP contribution in [0.3, 0.4) is 0 Å². The summed E-state index contributed by atoms with van der Waals surface area (Å²) in [6.07, 6.45) is 10.5. The average molecular weight is 362 g/mol. The number of aromatic nitrogens is 1. The van der Waals surface area contributed by atoms with Gasteiger partial charge in [-0.2, -0.15) is 0 Å². The number of likely N-dealkylation sites (tertiary alicyclic amines) is 1. The number of nitrogens with zero attached hydrogens (tertiary/aromatic N) is 2. The van der Waals surface area contributed by atoms with E-state index in [9.17, 15) is 4.79 Å². The van der Waals surface area contributed by atoms with Crippen molar-refractivity contribution in [2.45, 2.75) is 39.2 Å². The van der Waals surface area contributed by atoms with Gasteiger partial charge < -0.3 is 19.1 Å². The molecule has 0 radical (unpaired) electrons. The van der Waals surface area contributed by atoms with Gasteiger partial charge in [0.15, 0.2) is 0 Å². The minimum absolute atomic E-state index is 0.0360. The molecule has 0 spiro atoms. The highest BCUT2D eigenvalue weighted by atomic mass is 16.6. The number of methoxy groups -OCH3 is 1. The van der Waals surface area contributed by atoms with Crippen LogP contribution in [-0.2, 0) is 9.47 Å². The van der Waals surface area contributed by atoms with Gasteiger partial charge in [0.25, 0.3) is 0 Å². The van der Waals surface area contributed by atoms with Gasteiger partial charge in [0, 0.05) is 26.3 Å². The van der Waals surface area contributed by atoms with Crippen LogP contribution in [0.1, 0.15) is 38.7 Å². The van der Waals surface area contributed by atoms with Crippen molar-refractivity contribution in [2.24, 2.45) is 5.92 Å². The van der Waals surface area contributed by atoms with Gasteiger partial charge in [0.1, 0.15) is 18.5 Å². The van der Waals surface area contributed by atoms with Crippen LogP contribution in [-0.4, -0.2) is 55.5 Å². The third-order valence-electron chi connectivity index (χ3n) is 4.50. The van der Waals surface area contributed by atoms with Gasteiger partial charge in [-0.05, 0) is 24.0 Å². The molecule has 0 bridgehead atoms. The molecule has 1 amide bonds. The Labute approximate surface area is 156 Å². The molecule has 2 rings (SSSR count). The molecule has 0 N–H and O–H groups in total. The van der Waals surface area contributed by atoms with Crippen molar-refractivity contribution in [3.8, 4) is 5.75 Å². The van der Waals surface area contributed by atoms with Crippen molar-refractivity contribution in [3.63, 3.8) is 0 Å². The first-order valence-corrected chi connectivity index (χ1v) is 9.31. The molecular weight excluding hydrogens is 332 g/mol. The van der Waals surface area contributed by atoms with Crippen molar-refractivity contribution in [2.75, 3.05) is 33.4 Å². The van der Waals surface area contributed by atoms with E-state index in [0.29, 0.717) is 25.6 Å². The summed E-state index contributed by atoms with van der Waals surface area (Å²) in [5, 5.41) is 0. The van der Waals surface area contributed by atoms with Crippen molar-refractivity contribution >= 4 is 12.2 Å². The lowest BCUT2D eigenvalue weighted by Crippen LogP contribution is -2.32. The number of hydrogen-bond acceptors (Lipinski definition) is 5. The highest BCUT2D eigenvalue weighted by Gasteiger charge is 2.28. The van der Waals surface area contributed by atoms with Crippen LogP contribution in [0.4, 0.5) is 4.79 Å². The fourth-order valence-corrected chi connectivity index (χ4v) is 2.68. The number of ether oxygens (including phenoxy) is 3. The van der Waals surface area contributed by atoms with Crippen LogP contribution in [0.2, 0.25) is 0 Å². The SMILES string of the molecule is CC[C@@H](C)C/C=C/c1cncc(O[C@H]2CCN(C(=O)OCCOC)C2)c1. The lowest BCUT2D eigenvalue weighted by molar-refractivity contribution is 0.0741. The molecule has 144 valence electrons. The quantitative estimate of drug-likeness (QED) is 0.626. The Morgan fingerprint density at radius 1 is 1.42 bits per heavy atom. The fraction of sp³-hybridized carbons (Fsp3) is 0.600. The van der Waals surface area contributed by atoms with E-state index < -0.39 is 0 Å². The molecular formula is C20H30N2O4. The number of amides is 1. The van der Waals surface area contributed by atoms with E-state index in [4.69, 9.17) is 14.2 Å². The summed E-state index contributed by atoms with van der Waals surface area (Å²) < 4.78 is 16.0. The van der Waals surface area contributed by atoms with Crippen molar-refractivity contribution < 1.29 is 19.0 Å². The number of rotatable bonds is 9. The summed E-state index contributed by atoms with van der Waals surface area (Å²) in [6.45, 7) is 6.29. The zero-order valence-electron chi connectivity index (χ0n) is 16.0. The molecule has 1 aromatic rings. The molecule has 1 aromatic heterocycles. The van der Waals surface area contributed by atoms with E-state index in [-0.39, 0.29) is 18.8 Å². The smallest absolute Gasteiger partial charge is 0.409 e. The predicted molar refractivity (Wildman–Crippen MR) is 101 cm³/mol. The first-order chi connectivity index (χ1) is 12.6. The molecule has 1 aliphatic heterocycles. The Morgan fingerprint density at radius 2 is 2.27 bits per heavy atom. The van der Waals surface area contributed by atoms with Crippen LogP contribution in [0.15, 0.2) is 24.5 Å². The molecule has 0 aromatic carbocycles. The molecule has 0 aliphatic carbocycles. The first-order valence-electron chi connectivity index (χ1n) is 9.31. The molecule has 26 heavy (non-hydrogen) atoms.